The number of rotatable bonds is 6. The molecule has 0 bridgehead atoms. The first-order valence-electron chi connectivity index (χ1n) is 7.59. The lowest BCUT2D eigenvalue weighted by molar-refractivity contribution is -0.00461. The number of nitrogens with zero attached hydrogens (tertiary/aromatic N) is 2. The van der Waals surface area contributed by atoms with Crippen molar-refractivity contribution in [2.24, 2.45) is 0 Å². The van der Waals surface area contributed by atoms with Gasteiger partial charge in [-0.1, -0.05) is 6.92 Å². The molecule has 0 spiro atoms. The summed E-state index contributed by atoms with van der Waals surface area (Å²) in [5.41, 5.74) is 3.61. The molecule has 1 aromatic rings. The molecule has 1 aliphatic rings. The van der Waals surface area contributed by atoms with Crippen molar-refractivity contribution in [3.8, 4) is 0 Å². The van der Waals surface area contributed by atoms with E-state index in [0.717, 1.165) is 37.7 Å². The van der Waals surface area contributed by atoms with E-state index >= 15 is 0 Å². The van der Waals surface area contributed by atoms with Crippen LogP contribution < -0.4 is 10.2 Å². The minimum absolute atomic E-state index is 0.101. The van der Waals surface area contributed by atoms with Crippen molar-refractivity contribution >= 4 is 5.82 Å². The lowest BCUT2D eigenvalue weighted by atomic mass is 10.1. The van der Waals surface area contributed by atoms with Crippen LogP contribution in [-0.2, 0) is 16.0 Å². The van der Waals surface area contributed by atoms with E-state index in [-0.39, 0.29) is 12.2 Å². The molecule has 2 unspecified atom stereocenters. The van der Waals surface area contributed by atoms with Gasteiger partial charge in [-0.15, -0.1) is 0 Å². The first-order chi connectivity index (χ1) is 10.1. The number of methoxy groups -OCH3 is 2. The van der Waals surface area contributed by atoms with Gasteiger partial charge in [-0.2, -0.15) is 0 Å². The maximum atomic E-state index is 5.54. The Balaban J connectivity index is 2.30. The largest absolute Gasteiger partial charge is 0.377 e. The quantitative estimate of drug-likeness (QED) is 0.864. The van der Waals surface area contributed by atoms with Gasteiger partial charge >= 0.3 is 0 Å². The third-order valence-electron chi connectivity index (χ3n) is 4.13. The zero-order valence-corrected chi connectivity index (χ0v) is 13.8. The highest BCUT2D eigenvalue weighted by Gasteiger charge is 2.34. The summed E-state index contributed by atoms with van der Waals surface area (Å²) in [6, 6.07) is 2.15. The van der Waals surface area contributed by atoms with Crippen LogP contribution in [0.15, 0.2) is 6.07 Å². The van der Waals surface area contributed by atoms with Crippen LogP contribution in [0, 0.1) is 13.8 Å². The number of ether oxygens (including phenoxy) is 2. The van der Waals surface area contributed by atoms with Gasteiger partial charge in [-0.25, -0.2) is 4.98 Å². The highest BCUT2D eigenvalue weighted by Crippen LogP contribution is 2.27. The summed E-state index contributed by atoms with van der Waals surface area (Å²) in [6.07, 6.45) is 0.203. The van der Waals surface area contributed by atoms with Gasteiger partial charge in [0.25, 0.3) is 0 Å². The number of pyridine rings is 1. The molecule has 21 heavy (non-hydrogen) atoms. The molecule has 1 fully saturated rings. The van der Waals surface area contributed by atoms with Crippen molar-refractivity contribution in [2.75, 3.05) is 38.8 Å². The SMILES string of the molecule is CCNCc1c(C)cc(C)nc1N1CC(OC)C(OC)C1. The molecule has 0 radical (unpaired) electrons. The summed E-state index contributed by atoms with van der Waals surface area (Å²) in [6.45, 7) is 9.76. The molecule has 118 valence electrons. The first kappa shape index (κ1) is 16.2. The van der Waals surface area contributed by atoms with Gasteiger partial charge < -0.3 is 19.7 Å². The molecule has 5 heteroatoms. The van der Waals surface area contributed by atoms with Gasteiger partial charge in [0.05, 0.1) is 0 Å². The Morgan fingerprint density at radius 1 is 1.24 bits per heavy atom. The van der Waals surface area contributed by atoms with Crippen LogP contribution in [0.2, 0.25) is 0 Å². The molecule has 2 atom stereocenters. The predicted octanol–water partition coefficient (Wildman–Crippen LogP) is 1.66. The van der Waals surface area contributed by atoms with Crippen molar-refractivity contribution < 1.29 is 9.47 Å². The number of hydrogen-bond acceptors (Lipinski definition) is 5. The minimum atomic E-state index is 0.101. The van der Waals surface area contributed by atoms with Crippen molar-refractivity contribution in [1.82, 2.24) is 10.3 Å². The normalized spacial score (nSPS) is 22.0. The molecular weight excluding hydrogens is 266 g/mol. The van der Waals surface area contributed by atoms with Crippen LogP contribution in [0.3, 0.4) is 0 Å². The molecule has 0 amide bonds. The molecule has 1 aliphatic heterocycles. The van der Waals surface area contributed by atoms with Gasteiger partial charge in [0, 0.05) is 45.1 Å². The van der Waals surface area contributed by atoms with Crippen LogP contribution in [0.5, 0.6) is 0 Å². The van der Waals surface area contributed by atoms with Crippen molar-refractivity contribution in [1.29, 1.82) is 0 Å². The zero-order valence-electron chi connectivity index (χ0n) is 13.8. The van der Waals surface area contributed by atoms with E-state index in [9.17, 15) is 0 Å². The summed E-state index contributed by atoms with van der Waals surface area (Å²) in [5.74, 6) is 1.06. The standard InChI is InChI=1S/C16H27N3O2/c1-6-17-8-13-11(2)7-12(3)18-16(13)19-9-14(20-4)15(10-19)21-5/h7,14-15,17H,6,8-10H2,1-5H3. The Hall–Kier alpha value is -1.17. The van der Waals surface area contributed by atoms with Gasteiger partial charge in [0.2, 0.25) is 0 Å². The van der Waals surface area contributed by atoms with E-state index in [0.29, 0.717) is 0 Å². The molecule has 0 aromatic carbocycles. The van der Waals surface area contributed by atoms with Crippen LogP contribution in [-0.4, -0.2) is 51.0 Å². The Kier molecular flexibility index (Phi) is 5.56. The van der Waals surface area contributed by atoms with E-state index in [4.69, 9.17) is 14.5 Å². The van der Waals surface area contributed by atoms with Gasteiger partial charge in [-0.05, 0) is 32.0 Å². The fourth-order valence-electron chi connectivity index (χ4n) is 2.94. The highest BCUT2D eigenvalue weighted by molar-refractivity contribution is 5.53. The van der Waals surface area contributed by atoms with Gasteiger partial charge in [-0.3, -0.25) is 0 Å². The Bertz CT molecular complexity index is 467. The molecule has 1 saturated heterocycles. The average molecular weight is 293 g/mol. The van der Waals surface area contributed by atoms with Crippen molar-refractivity contribution in [3.63, 3.8) is 0 Å². The van der Waals surface area contributed by atoms with Crippen LogP contribution in [0.4, 0.5) is 5.82 Å². The number of nitrogens with one attached hydrogen (secondary N) is 1. The lowest BCUT2D eigenvalue weighted by Gasteiger charge is -2.22. The Morgan fingerprint density at radius 2 is 1.86 bits per heavy atom. The Morgan fingerprint density at radius 3 is 2.38 bits per heavy atom. The third-order valence-corrected chi connectivity index (χ3v) is 4.13. The number of aromatic nitrogens is 1. The summed E-state index contributed by atoms with van der Waals surface area (Å²) >= 11 is 0. The average Bonchev–Trinajstić information content (AvgIpc) is 2.88. The van der Waals surface area contributed by atoms with Crippen LogP contribution in [0.1, 0.15) is 23.7 Å². The van der Waals surface area contributed by atoms with E-state index < -0.39 is 0 Å². The lowest BCUT2D eigenvalue weighted by Crippen LogP contribution is -2.27. The second kappa shape index (κ2) is 7.20. The smallest absolute Gasteiger partial charge is 0.133 e. The van der Waals surface area contributed by atoms with E-state index in [2.05, 4.69) is 30.1 Å². The Labute approximate surface area is 127 Å². The van der Waals surface area contributed by atoms with E-state index in [1.807, 2.05) is 6.92 Å². The molecule has 1 N–H and O–H groups in total. The zero-order chi connectivity index (χ0) is 15.4. The maximum absolute atomic E-state index is 5.54. The monoisotopic (exact) mass is 293 g/mol. The predicted molar refractivity (Wildman–Crippen MR) is 84.9 cm³/mol. The minimum Gasteiger partial charge on any atom is -0.377 e. The van der Waals surface area contributed by atoms with E-state index in [1.54, 1.807) is 14.2 Å². The maximum Gasteiger partial charge on any atom is 0.133 e. The summed E-state index contributed by atoms with van der Waals surface area (Å²) < 4.78 is 11.1. The third kappa shape index (κ3) is 3.54. The number of hydrogen-bond donors (Lipinski definition) is 1. The number of anilines is 1. The second-order valence-corrected chi connectivity index (χ2v) is 5.62. The molecule has 1 aromatic heterocycles. The van der Waals surface area contributed by atoms with Gasteiger partial charge in [0.1, 0.15) is 18.0 Å². The topological polar surface area (TPSA) is 46.6 Å². The molecule has 5 nitrogen and oxygen atoms in total. The van der Waals surface area contributed by atoms with Crippen molar-refractivity contribution in [2.45, 2.75) is 39.5 Å². The molecule has 2 heterocycles. The number of aryl methyl sites for hydroxylation is 2. The van der Waals surface area contributed by atoms with Crippen LogP contribution >= 0.6 is 0 Å². The molecule has 2 rings (SSSR count). The first-order valence-corrected chi connectivity index (χ1v) is 7.59. The van der Waals surface area contributed by atoms with Crippen molar-refractivity contribution in [3.05, 3.63) is 22.9 Å². The summed E-state index contributed by atoms with van der Waals surface area (Å²) in [7, 11) is 3.49. The highest BCUT2D eigenvalue weighted by atomic mass is 16.5. The van der Waals surface area contributed by atoms with Gasteiger partial charge in [0.15, 0.2) is 0 Å². The molecular formula is C16H27N3O2. The fraction of sp³-hybridized carbons (Fsp3) is 0.688. The molecule has 0 saturated carbocycles. The van der Waals surface area contributed by atoms with E-state index in [1.165, 1.54) is 11.1 Å². The summed E-state index contributed by atoms with van der Waals surface area (Å²) in [4.78, 5) is 7.07. The van der Waals surface area contributed by atoms with Crippen LogP contribution in [0.25, 0.3) is 0 Å². The second-order valence-electron chi connectivity index (χ2n) is 5.62. The fourth-order valence-corrected chi connectivity index (χ4v) is 2.94. The molecule has 0 aliphatic carbocycles. The summed E-state index contributed by atoms with van der Waals surface area (Å²) in [5, 5.41) is 3.41.